The van der Waals surface area contributed by atoms with Crippen LogP contribution in [0.2, 0.25) is 0 Å². The lowest BCUT2D eigenvalue weighted by molar-refractivity contribution is -0.132. The van der Waals surface area contributed by atoms with E-state index in [9.17, 15) is 4.79 Å². The number of hydrogen-bond donors (Lipinski definition) is 1. The highest BCUT2D eigenvalue weighted by Gasteiger charge is 2.25. The Hall–Kier alpha value is -0.320. The molecule has 5 heteroatoms. The van der Waals surface area contributed by atoms with Gasteiger partial charge in [-0.1, -0.05) is 0 Å². The fourth-order valence-corrected chi connectivity index (χ4v) is 2.82. The maximum Gasteiger partial charge on any atom is 0.236 e. The van der Waals surface area contributed by atoms with Crippen molar-refractivity contribution in [1.29, 1.82) is 0 Å². The smallest absolute Gasteiger partial charge is 0.236 e. The van der Waals surface area contributed by atoms with Gasteiger partial charge in [0.1, 0.15) is 0 Å². The van der Waals surface area contributed by atoms with Crippen LogP contribution < -0.4 is 5.32 Å². The molecule has 0 radical (unpaired) electrons. The zero-order valence-electron chi connectivity index (χ0n) is 12.9. The molecule has 1 amide bonds. The van der Waals surface area contributed by atoms with Crippen molar-refractivity contribution in [2.75, 3.05) is 39.3 Å². The van der Waals surface area contributed by atoms with Gasteiger partial charge in [-0.15, -0.1) is 12.4 Å². The Bertz CT molecular complexity index is 285. The average molecular weight is 304 g/mol. The summed E-state index contributed by atoms with van der Waals surface area (Å²) in [5.41, 5.74) is 0. The number of likely N-dealkylation sites (N-methyl/N-ethyl adjacent to an activating group) is 1. The molecular weight excluding hydrogens is 274 g/mol. The fraction of sp³-hybridized carbons (Fsp3) is 0.933. The third kappa shape index (κ3) is 5.58. The average Bonchev–Trinajstić information content (AvgIpc) is 3.23. The van der Waals surface area contributed by atoms with E-state index in [4.69, 9.17) is 0 Å². The van der Waals surface area contributed by atoms with Crippen LogP contribution in [-0.4, -0.2) is 61.0 Å². The monoisotopic (exact) mass is 303 g/mol. The lowest BCUT2D eigenvalue weighted by atomic mass is 10.0. The first-order valence-electron chi connectivity index (χ1n) is 7.96. The van der Waals surface area contributed by atoms with Crippen LogP contribution in [0.3, 0.4) is 0 Å². The van der Waals surface area contributed by atoms with E-state index >= 15 is 0 Å². The van der Waals surface area contributed by atoms with E-state index in [0.29, 0.717) is 12.6 Å². The van der Waals surface area contributed by atoms with Crippen molar-refractivity contribution < 1.29 is 4.79 Å². The van der Waals surface area contributed by atoms with Gasteiger partial charge in [-0.05, 0) is 52.0 Å². The third-order valence-electron chi connectivity index (χ3n) is 4.45. The number of piperidine rings is 1. The Kier molecular flexibility index (Phi) is 7.85. The van der Waals surface area contributed by atoms with Crippen molar-refractivity contribution >= 4 is 18.3 Å². The van der Waals surface area contributed by atoms with Gasteiger partial charge in [-0.3, -0.25) is 9.69 Å². The fourth-order valence-electron chi connectivity index (χ4n) is 2.82. The number of nitrogens with one attached hydrogen (secondary N) is 1. The van der Waals surface area contributed by atoms with Crippen LogP contribution in [0, 0.1) is 5.92 Å². The Morgan fingerprint density at radius 3 is 2.25 bits per heavy atom. The van der Waals surface area contributed by atoms with E-state index < -0.39 is 0 Å². The van der Waals surface area contributed by atoms with Crippen molar-refractivity contribution in [3.63, 3.8) is 0 Å². The molecule has 2 rings (SSSR count). The molecule has 20 heavy (non-hydrogen) atoms. The number of likely N-dealkylation sites (tertiary alicyclic amines) is 1. The molecule has 0 atom stereocenters. The first-order valence-corrected chi connectivity index (χ1v) is 7.96. The second-order valence-corrected chi connectivity index (χ2v) is 5.97. The van der Waals surface area contributed by atoms with E-state index in [1.807, 2.05) is 4.90 Å². The molecule has 1 aliphatic heterocycles. The number of carbonyl (C=O) groups is 1. The van der Waals surface area contributed by atoms with Gasteiger partial charge in [0.2, 0.25) is 5.91 Å². The zero-order valence-corrected chi connectivity index (χ0v) is 13.8. The summed E-state index contributed by atoms with van der Waals surface area (Å²) >= 11 is 0. The quantitative estimate of drug-likeness (QED) is 0.778. The van der Waals surface area contributed by atoms with Crippen LogP contribution in [0.5, 0.6) is 0 Å². The van der Waals surface area contributed by atoms with Crippen LogP contribution in [0.25, 0.3) is 0 Å². The number of amides is 1. The second-order valence-electron chi connectivity index (χ2n) is 5.97. The topological polar surface area (TPSA) is 35.6 Å². The summed E-state index contributed by atoms with van der Waals surface area (Å²) in [6.45, 7) is 9.71. The minimum absolute atomic E-state index is 0. The number of carbonyl (C=O) groups excluding carboxylic acids is 1. The van der Waals surface area contributed by atoms with E-state index in [1.54, 1.807) is 0 Å². The lowest BCUT2D eigenvalue weighted by Gasteiger charge is -2.33. The van der Waals surface area contributed by atoms with E-state index in [2.05, 4.69) is 24.1 Å². The summed E-state index contributed by atoms with van der Waals surface area (Å²) in [7, 11) is 0. The van der Waals surface area contributed by atoms with Crippen molar-refractivity contribution in [3.05, 3.63) is 0 Å². The van der Waals surface area contributed by atoms with Crippen molar-refractivity contribution in [2.24, 2.45) is 5.92 Å². The number of rotatable bonds is 7. The minimum atomic E-state index is 0. The summed E-state index contributed by atoms with van der Waals surface area (Å²) in [6, 6.07) is 0.681. The molecule has 0 aromatic rings. The first-order chi connectivity index (χ1) is 9.22. The molecule has 0 unspecified atom stereocenters. The van der Waals surface area contributed by atoms with Gasteiger partial charge < -0.3 is 10.2 Å². The number of halogens is 1. The maximum atomic E-state index is 12.0. The minimum Gasteiger partial charge on any atom is -0.342 e. The molecule has 1 saturated heterocycles. The highest BCUT2D eigenvalue weighted by atomic mass is 35.5. The van der Waals surface area contributed by atoms with Crippen LogP contribution in [0.1, 0.15) is 39.5 Å². The van der Waals surface area contributed by atoms with Crippen LogP contribution >= 0.6 is 12.4 Å². The first kappa shape index (κ1) is 17.7. The summed E-state index contributed by atoms with van der Waals surface area (Å²) in [5.74, 6) is 1.25. The van der Waals surface area contributed by atoms with Gasteiger partial charge in [0.15, 0.2) is 0 Å². The Morgan fingerprint density at radius 2 is 1.75 bits per heavy atom. The highest BCUT2D eigenvalue weighted by molar-refractivity contribution is 5.85. The molecule has 1 N–H and O–H groups in total. The lowest BCUT2D eigenvalue weighted by Crippen LogP contribution is -2.47. The second kappa shape index (κ2) is 8.85. The molecule has 0 spiro atoms. The molecule has 1 heterocycles. The van der Waals surface area contributed by atoms with Gasteiger partial charge in [0.25, 0.3) is 0 Å². The van der Waals surface area contributed by atoms with E-state index in [0.717, 1.165) is 32.1 Å². The predicted octanol–water partition coefficient (Wildman–Crippen LogP) is 1.74. The molecule has 0 bridgehead atoms. The highest BCUT2D eigenvalue weighted by Crippen LogP contribution is 2.28. The van der Waals surface area contributed by atoms with Gasteiger partial charge in [-0.2, -0.15) is 0 Å². The Morgan fingerprint density at radius 1 is 1.15 bits per heavy atom. The molecule has 2 fully saturated rings. The normalized spacial score (nSPS) is 20.5. The van der Waals surface area contributed by atoms with Crippen LogP contribution in [0.15, 0.2) is 0 Å². The molecular formula is C15H30ClN3O. The molecule has 0 aromatic carbocycles. The molecule has 1 aliphatic carbocycles. The summed E-state index contributed by atoms with van der Waals surface area (Å²) < 4.78 is 0. The number of nitrogens with zero attached hydrogens (tertiary/aromatic N) is 2. The van der Waals surface area contributed by atoms with Crippen molar-refractivity contribution in [2.45, 2.75) is 45.6 Å². The molecule has 4 nitrogen and oxygen atoms in total. The third-order valence-corrected chi connectivity index (χ3v) is 4.45. The number of hydrogen-bond acceptors (Lipinski definition) is 3. The molecule has 118 valence electrons. The molecule has 1 saturated carbocycles. The molecule has 2 aliphatic rings. The van der Waals surface area contributed by atoms with Gasteiger partial charge in [-0.25, -0.2) is 0 Å². The standard InChI is InChI=1S/C15H29N3O.ClH/c1-3-18(4-2)15(19)12-17-9-7-14(8-10-17)16-11-13-5-6-13;/h13-14,16H,3-12H2,1-2H3;1H. The summed E-state index contributed by atoms with van der Waals surface area (Å²) in [6.07, 6.45) is 5.23. The van der Waals surface area contributed by atoms with Crippen LogP contribution in [-0.2, 0) is 4.79 Å². The maximum absolute atomic E-state index is 12.0. The largest absolute Gasteiger partial charge is 0.342 e. The molecule has 0 aromatic heterocycles. The Balaban J connectivity index is 0.00000200. The van der Waals surface area contributed by atoms with Crippen molar-refractivity contribution in [3.8, 4) is 0 Å². The Labute approximate surface area is 129 Å². The predicted molar refractivity (Wildman–Crippen MR) is 85.4 cm³/mol. The SMILES string of the molecule is CCN(CC)C(=O)CN1CCC(NCC2CC2)CC1.Cl. The zero-order chi connectivity index (χ0) is 13.7. The summed E-state index contributed by atoms with van der Waals surface area (Å²) in [4.78, 5) is 16.3. The van der Waals surface area contributed by atoms with E-state index in [-0.39, 0.29) is 18.3 Å². The summed E-state index contributed by atoms with van der Waals surface area (Å²) in [5, 5.41) is 3.68. The van der Waals surface area contributed by atoms with Gasteiger partial charge in [0.05, 0.1) is 6.54 Å². The van der Waals surface area contributed by atoms with Gasteiger partial charge in [0, 0.05) is 32.2 Å². The van der Waals surface area contributed by atoms with Crippen LogP contribution in [0.4, 0.5) is 0 Å². The van der Waals surface area contributed by atoms with E-state index in [1.165, 1.54) is 32.2 Å². The van der Waals surface area contributed by atoms with Gasteiger partial charge >= 0.3 is 0 Å². The van der Waals surface area contributed by atoms with Crippen molar-refractivity contribution in [1.82, 2.24) is 15.1 Å².